The number of nitrogens with zero attached hydrogens (tertiary/aromatic N) is 1. The number of hydrogen-bond donors (Lipinski definition) is 1. The molecule has 1 N–H and O–H groups in total. The van der Waals surface area contributed by atoms with E-state index in [1.165, 1.54) is 37.1 Å². The van der Waals surface area contributed by atoms with E-state index in [0.29, 0.717) is 5.69 Å². The van der Waals surface area contributed by atoms with Crippen LogP contribution in [0.25, 0.3) is 0 Å². The maximum Gasteiger partial charge on any atom is 0.294 e. The number of carbonyl (C=O) groups is 1. The molecule has 0 spiro atoms. The Morgan fingerprint density at radius 1 is 1.40 bits per heavy atom. The largest absolute Gasteiger partial charge is 0.316 e. The summed E-state index contributed by atoms with van der Waals surface area (Å²) in [6.45, 7) is 1.36. The van der Waals surface area contributed by atoms with Crippen LogP contribution < -0.4 is 4.90 Å². The molecule has 6 heteroatoms. The zero-order chi connectivity index (χ0) is 11.6. The van der Waals surface area contributed by atoms with E-state index in [9.17, 15) is 13.2 Å². The monoisotopic (exact) mass is 229 g/mol. The van der Waals surface area contributed by atoms with E-state index in [2.05, 4.69) is 0 Å². The molecule has 0 fully saturated rings. The Kier molecular flexibility index (Phi) is 3.11. The maximum atomic E-state index is 11.0. The molecule has 0 radical (unpaired) electrons. The van der Waals surface area contributed by atoms with Crippen molar-refractivity contribution in [1.82, 2.24) is 0 Å². The number of anilines is 1. The number of amides is 1. The summed E-state index contributed by atoms with van der Waals surface area (Å²) >= 11 is 0. The topological polar surface area (TPSA) is 74.7 Å². The van der Waals surface area contributed by atoms with Gasteiger partial charge in [-0.25, -0.2) is 0 Å². The van der Waals surface area contributed by atoms with Crippen LogP contribution >= 0.6 is 0 Å². The van der Waals surface area contributed by atoms with Crippen molar-refractivity contribution >= 4 is 21.7 Å². The molecule has 0 aromatic heterocycles. The van der Waals surface area contributed by atoms with Crippen molar-refractivity contribution in [2.45, 2.75) is 11.8 Å². The molecule has 0 atom stereocenters. The second-order valence-electron chi connectivity index (χ2n) is 3.05. The van der Waals surface area contributed by atoms with Gasteiger partial charge in [-0.15, -0.1) is 0 Å². The number of benzene rings is 1. The van der Waals surface area contributed by atoms with Gasteiger partial charge in [-0.2, -0.15) is 8.42 Å². The van der Waals surface area contributed by atoms with Gasteiger partial charge in [-0.05, 0) is 18.2 Å². The summed E-state index contributed by atoms with van der Waals surface area (Å²) < 4.78 is 30.5. The lowest BCUT2D eigenvalue weighted by atomic mass is 10.3. The summed E-state index contributed by atoms with van der Waals surface area (Å²) in [5, 5.41) is 0. The van der Waals surface area contributed by atoms with Crippen LogP contribution in [0.3, 0.4) is 0 Å². The molecular weight excluding hydrogens is 218 g/mol. The third-order valence-corrected chi connectivity index (χ3v) is 2.82. The SMILES string of the molecule is CC(=O)N(C)c1cccc(S(=O)(=O)O)c1. The van der Waals surface area contributed by atoms with Crippen LogP contribution in [-0.4, -0.2) is 25.9 Å². The van der Waals surface area contributed by atoms with Crippen molar-refractivity contribution in [2.75, 3.05) is 11.9 Å². The maximum absolute atomic E-state index is 11.0. The van der Waals surface area contributed by atoms with Gasteiger partial charge in [0.1, 0.15) is 0 Å². The lowest BCUT2D eigenvalue weighted by molar-refractivity contribution is -0.116. The van der Waals surface area contributed by atoms with Crippen molar-refractivity contribution < 1.29 is 17.8 Å². The van der Waals surface area contributed by atoms with Crippen LogP contribution in [0.4, 0.5) is 5.69 Å². The van der Waals surface area contributed by atoms with E-state index in [1.54, 1.807) is 6.07 Å². The Labute approximate surface area is 88.1 Å². The zero-order valence-corrected chi connectivity index (χ0v) is 9.15. The van der Waals surface area contributed by atoms with E-state index >= 15 is 0 Å². The Hall–Kier alpha value is -1.40. The molecule has 82 valence electrons. The van der Waals surface area contributed by atoms with Crippen LogP contribution in [0.5, 0.6) is 0 Å². The molecule has 0 aliphatic carbocycles. The lowest BCUT2D eigenvalue weighted by Gasteiger charge is -2.15. The van der Waals surface area contributed by atoms with Crippen molar-refractivity contribution in [3.8, 4) is 0 Å². The molecule has 0 saturated carbocycles. The van der Waals surface area contributed by atoms with Gasteiger partial charge in [0.25, 0.3) is 10.1 Å². The predicted octanol–water partition coefficient (Wildman–Crippen LogP) is 0.916. The van der Waals surface area contributed by atoms with Crippen LogP contribution in [0.2, 0.25) is 0 Å². The highest BCUT2D eigenvalue weighted by molar-refractivity contribution is 7.85. The van der Waals surface area contributed by atoms with Gasteiger partial charge in [0.05, 0.1) is 4.90 Å². The van der Waals surface area contributed by atoms with E-state index in [1.807, 2.05) is 0 Å². The summed E-state index contributed by atoms with van der Waals surface area (Å²) in [4.78, 5) is 12.1. The van der Waals surface area contributed by atoms with E-state index in [4.69, 9.17) is 4.55 Å². The smallest absolute Gasteiger partial charge is 0.294 e. The van der Waals surface area contributed by atoms with Crippen LogP contribution in [0, 0.1) is 0 Å². The summed E-state index contributed by atoms with van der Waals surface area (Å²) in [5.41, 5.74) is 0.414. The minimum atomic E-state index is -4.22. The molecule has 0 unspecified atom stereocenters. The fourth-order valence-electron chi connectivity index (χ4n) is 1.03. The minimum absolute atomic E-state index is 0.220. The average Bonchev–Trinajstić information content (AvgIpc) is 2.15. The molecule has 1 aromatic rings. The molecular formula is C9H11NO4S. The van der Waals surface area contributed by atoms with Crippen molar-refractivity contribution in [1.29, 1.82) is 0 Å². The van der Waals surface area contributed by atoms with Gasteiger partial charge in [0, 0.05) is 19.7 Å². The molecule has 0 aliphatic rings. The summed E-state index contributed by atoms with van der Waals surface area (Å²) in [7, 11) is -2.70. The van der Waals surface area contributed by atoms with Crippen molar-refractivity contribution in [3.05, 3.63) is 24.3 Å². The lowest BCUT2D eigenvalue weighted by Crippen LogP contribution is -2.22. The van der Waals surface area contributed by atoms with Gasteiger partial charge in [-0.1, -0.05) is 6.07 Å². The standard InChI is InChI=1S/C9H11NO4S/c1-7(11)10(2)8-4-3-5-9(6-8)15(12,13)14/h3-6H,1-2H3,(H,12,13,14). The molecule has 5 nitrogen and oxygen atoms in total. The van der Waals surface area contributed by atoms with Crippen LogP contribution in [0.15, 0.2) is 29.2 Å². The van der Waals surface area contributed by atoms with Crippen molar-refractivity contribution in [2.24, 2.45) is 0 Å². The number of carbonyl (C=O) groups excluding carboxylic acids is 1. The van der Waals surface area contributed by atoms with E-state index in [0.717, 1.165) is 0 Å². The summed E-state index contributed by atoms with van der Waals surface area (Å²) in [5.74, 6) is -0.220. The fourth-order valence-corrected chi connectivity index (χ4v) is 1.55. The molecule has 15 heavy (non-hydrogen) atoms. The Morgan fingerprint density at radius 3 is 2.47 bits per heavy atom. The first-order chi connectivity index (χ1) is 6.82. The second kappa shape index (κ2) is 4.00. The first-order valence-corrected chi connectivity index (χ1v) is 5.58. The molecule has 1 amide bonds. The normalized spacial score (nSPS) is 11.1. The third kappa shape index (κ3) is 2.77. The van der Waals surface area contributed by atoms with E-state index in [-0.39, 0.29) is 10.8 Å². The molecule has 0 heterocycles. The first-order valence-electron chi connectivity index (χ1n) is 4.14. The van der Waals surface area contributed by atoms with Crippen molar-refractivity contribution in [3.63, 3.8) is 0 Å². The van der Waals surface area contributed by atoms with Gasteiger partial charge in [-0.3, -0.25) is 9.35 Å². The third-order valence-electron chi connectivity index (χ3n) is 1.98. The minimum Gasteiger partial charge on any atom is -0.316 e. The zero-order valence-electron chi connectivity index (χ0n) is 8.34. The second-order valence-corrected chi connectivity index (χ2v) is 4.47. The molecule has 0 aliphatic heterocycles. The highest BCUT2D eigenvalue weighted by Crippen LogP contribution is 2.18. The Bertz CT molecular complexity index is 481. The number of hydrogen-bond acceptors (Lipinski definition) is 3. The summed E-state index contributed by atoms with van der Waals surface area (Å²) in [6.07, 6.45) is 0. The average molecular weight is 229 g/mol. The molecule has 1 aromatic carbocycles. The molecule has 1 rings (SSSR count). The highest BCUT2D eigenvalue weighted by atomic mass is 32.2. The van der Waals surface area contributed by atoms with Crippen LogP contribution in [0.1, 0.15) is 6.92 Å². The Morgan fingerprint density at radius 2 is 2.00 bits per heavy atom. The fraction of sp³-hybridized carbons (Fsp3) is 0.222. The molecule has 0 saturated heterocycles. The van der Waals surface area contributed by atoms with Gasteiger partial charge < -0.3 is 4.90 Å². The quantitative estimate of drug-likeness (QED) is 0.765. The van der Waals surface area contributed by atoms with Gasteiger partial charge in [0.2, 0.25) is 5.91 Å². The first kappa shape index (κ1) is 11.7. The van der Waals surface area contributed by atoms with E-state index < -0.39 is 10.1 Å². The predicted molar refractivity (Wildman–Crippen MR) is 55.3 cm³/mol. The highest BCUT2D eigenvalue weighted by Gasteiger charge is 2.12. The van der Waals surface area contributed by atoms with Crippen LogP contribution in [-0.2, 0) is 14.9 Å². The van der Waals surface area contributed by atoms with Gasteiger partial charge in [0.15, 0.2) is 0 Å². The Balaban J connectivity index is 3.20. The van der Waals surface area contributed by atoms with Gasteiger partial charge >= 0.3 is 0 Å². The molecule has 0 bridgehead atoms. The summed E-state index contributed by atoms with van der Waals surface area (Å²) in [6, 6.07) is 5.53. The number of rotatable bonds is 2.